The highest BCUT2D eigenvalue weighted by molar-refractivity contribution is 9.10. The van der Waals surface area contributed by atoms with Gasteiger partial charge in [0, 0.05) is 16.2 Å². The Morgan fingerprint density at radius 3 is 2.63 bits per heavy atom. The maximum Gasteiger partial charge on any atom is 0.229 e. The topological polar surface area (TPSA) is 49.8 Å². The molecule has 2 aromatic rings. The standard InChI is InChI=1S/C13H12BrClN4/c14-8-1-3-10(4-2-8)18-13-16-7-11(15)12(19-13)17-9-5-6-9/h1-4,7,9H,5-6H2,(H2,16,17,18,19). The summed E-state index contributed by atoms with van der Waals surface area (Å²) in [6.45, 7) is 0. The van der Waals surface area contributed by atoms with Crippen molar-refractivity contribution in [3.8, 4) is 0 Å². The molecule has 0 atom stereocenters. The van der Waals surface area contributed by atoms with Gasteiger partial charge in [-0.2, -0.15) is 4.98 Å². The van der Waals surface area contributed by atoms with Crippen LogP contribution in [0.5, 0.6) is 0 Å². The first kappa shape index (κ1) is 12.7. The quantitative estimate of drug-likeness (QED) is 0.876. The van der Waals surface area contributed by atoms with Gasteiger partial charge in [-0.25, -0.2) is 4.98 Å². The Morgan fingerprint density at radius 2 is 1.95 bits per heavy atom. The molecule has 0 spiro atoms. The normalized spacial score (nSPS) is 14.2. The number of rotatable bonds is 4. The summed E-state index contributed by atoms with van der Waals surface area (Å²) < 4.78 is 1.03. The molecular formula is C13H12BrClN4. The Labute approximate surface area is 124 Å². The minimum atomic E-state index is 0.507. The van der Waals surface area contributed by atoms with Crippen molar-refractivity contribution in [2.45, 2.75) is 18.9 Å². The molecule has 98 valence electrons. The van der Waals surface area contributed by atoms with E-state index in [1.54, 1.807) is 6.20 Å². The predicted octanol–water partition coefficient (Wildman–Crippen LogP) is 4.21. The summed E-state index contributed by atoms with van der Waals surface area (Å²) in [6.07, 6.45) is 3.96. The molecule has 1 aliphatic carbocycles. The van der Waals surface area contributed by atoms with Gasteiger partial charge in [0.25, 0.3) is 0 Å². The Kier molecular flexibility index (Phi) is 3.57. The van der Waals surface area contributed by atoms with Crippen molar-refractivity contribution in [2.75, 3.05) is 10.6 Å². The molecule has 0 saturated heterocycles. The lowest BCUT2D eigenvalue weighted by Crippen LogP contribution is -2.06. The highest BCUT2D eigenvalue weighted by atomic mass is 79.9. The molecule has 3 rings (SSSR count). The van der Waals surface area contributed by atoms with Crippen LogP contribution in [0.4, 0.5) is 17.5 Å². The number of hydrogen-bond donors (Lipinski definition) is 2. The largest absolute Gasteiger partial charge is 0.366 e. The molecule has 1 heterocycles. The van der Waals surface area contributed by atoms with Gasteiger partial charge in [0.15, 0.2) is 5.82 Å². The van der Waals surface area contributed by atoms with E-state index in [0.29, 0.717) is 22.8 Å². The number of halogens is 2. The van der Waals surface area contributed by atoms with Gasteiger partial charge >= 0.3 is 0 Å². The third-order valence-electron chi connectivity index (χ3n) is 2.76. The van der Waals surface area contributed by atoms with E-state index < -0.39 is 0 Å². The van der Waals surface area contributed by atoms with Crippen molar-refractivity contribution in [1.82, 2.24) is 9.97 Å². The van der Waals surface area contributed by atoms with Crippen LogP contribution in [-0.2, 0) is 0 Å². The van der Waals surface area contributed by atoms with Crippen LogP contribution in [0.15, 0.2) is 34.9 Å². The lowest BCUT2D eigenvalue weighted by Gasteiger charge is -2.09. The molecule has 0 radical (unpaired) electrons. The van der Waals surface area contributed by atoms with Crippen LogP contribution in [0.1, 0.15) is 12.8 Å². The fourth-order valence-electron chi connectivity index (χ4n) is 1.61. The van der Waals surface area contributed by atoms with E-state index >= 15 is 0 Å². The first-order valence-electron chi connectivity index (χ1n) is 6.02. The molecule has 4 nitrogen and oxygen atoms in total. The molecule has 0 aliphatic heterocycles. The Morgan fingerprint density at radius 1 is 1.21 bits per heavy atom. The van der Waals surface area contributed by atoms with Crippen LogP contribution in [0.3, 0.4) is 0 Å². The van der Waals surface area contributed by atoms with Crippen molar-refractivity contribution in [1.29, 1.82) is 0 Å². The molecule has 0 amide bonds. The van der Waals surface area contributed by atoms with Crippen LogP contribution in [0.2, 0.25) is 5.02 Å². The lowest BCUT2D eigenvalue weighted by molar-refractivity contribution is 1.08. The fraction of sp³-hybridized carbons (Fsp3) is 0.231. The van der Waals surface area contributed by atoms with Crippen molar-refractivity contribution in [3.05, 3.63) is 40.0 Å². The van der Waals surface area contributed by atoms with E-state index in [1.165, 1.54) is 12.8 Å². The molecular weight excluding hydrogens is 328 g/mol. The van der Waals surface area contributed by atoms with Crippen molar-refractivity contribution >= 4 is 45.0 Å². The second-order valence-electron chi connectivity index (χ2n) is 4.44. The molecule has 1 aromatic carbocycles. The number of nitrogens with zero attached hydrogens (tertiary/aromatic N) is 2. The zero-order chi connectivity index (χ0) is 13.2. The summed E-state index contributed by atoms with van der Waals surface area (Å²) in [5, 5.41) is 6.99. The maximum absolute atomic E-state index is 6.07. The van der Waals surface area contributed by atoms with Crippen LogP contribution >= 0.6 is 27.5 Å². The Bertz CT molecular complexity index is 584. The van der Waals surface area contributed by atoms with Gasteiger partial charge in [-0.3, -0.25) is 0 Å². The molecule has 0 bridgehead atoms. The van der Waals surface area contributed by atoms with Gasteiger partial charge in [0.05, 0.1) is 6.20 Å². The third-order valence-corrected chi connectivity index (χ3v) is 3.57. The average Bonchev–Trinajstić information content (AvgIpc) is 3.20. The molecule has 2 N–H and O–H groups in total. The minimum absolute atomic E-state index is 0.507. The molecule has 1 fully saturated rings. The number of hydrogen-bond acceptors (Lipinski definition) is 4. The van der Waals surface area contributed by atoms with E-state index in [-0.39, 0.29) is 0 Å². The van der Waals surface area contributed by atoms with Gasteiger partial charge in [-0.1, -0.05) is 27.5 Å². The van der Waals surface area contributed by atoms with E-state index in [2.05, 4.69) is 36.5 Å². The first-order valence-corrected chi connectivity index (χ1v) is 7.19. The molecule has 19 heavy (non-hydrogen) atoms. The number of aromatic nitrogens is 2. The summed E-state index contributed by atoms with van der Waals surface area (Å²) in [4.78, 5) is 8.57. The first-order chi connectivity index (χ1) is 9.20. The summed E-state index contributed by atoms with van der Waals surface area (Å²) in [7, 11) is 0. The van der Waals surface area contributed by atoms with Gasteiger partial charge in [0.2, 0.25) is 5.95 Å². The zero-order valence-corrected chi connectivity index (χ0v) is 12.4. The van der Waals surface area contributed by atoms with Crippen LogP contribution in [0, 0.1) is 0 Å². The summed E-state index contributed by atoms with van der Waals surface area (Å²) >= 11 is 9.47. The fourth-order valence-corrected chi connectivity index (χ4v) is 2.02. The molecule has 1 aliphatic rings. The second kappa shape index (κ2) is 5.35. The van der Waals surface area contributed by atoms with Gasteiger partial charge in [-0.05, 0) is 37.1 Å². The number of anilines is 3. The van der Waals surface area contributed by atoms with Crippen LogP contribution < -0.4 is 10.6 Å². The third kappa shape index (κ3) is 3.36. The Hall–Kier alpha value is -1.33. The molecule has 0 unspecified atom stereocenters. The predicted molar refractivity (Wildman–Crippen MR) is 81.1 cm³/mol. The summed E-state index contributed by atoms with van der Waals surface area (Å²) in [5.41, 5.74) is 0.933. The summed E-state index contributed by atoms with van der Waals surface area (Å²) in [5.74, 6) is 1.23. The van der Waals surface area contributed by atoms with E-state index in [4.69, 9.17) is 11.6 Å². The van der Waals surface area contributed by atoms with Crippen molar-refractivity contribution < 1.29 is 0 Å². The summed E-state index contributed by atoms with van der Waals surface area (Å²) in [6, 6.07) is 8.34. The minimum Gasteiger partial charge on any atom is -0.366 e. The lowest BCUT2D eigenvalue weighted by atomic mass is 10.3. The van der Waals surface area contributed by atoms with Crippen LogP contribution in [0.25, 0.3) is 0 Å². The molecule has 1 saturated carbocycles. The number of benzene rings is 1. The highest BCUT2D eigenvalue weighted by Crippen LogP contribution is 2.28. The van der Waals surface area contributed by atoms with Gasteiger partial charge in [-0.15, -0.1) is 0 Å². The second-order valence-corrected chi connectivity index (χ2v) is 5.76. The van der Waals surface area contributed by atoms with Crippen molar-refractivity contribution in [2.24, 2.45) is 0 Å². The zero-order valence-electron chi connectivity index (χ0n) is 10.0. The van der Waals surface area contributed by atoms with E-state index in [9.17, 15) is 0 Å². The van der Waals surface area contributed by atoms with E-state index in [0.717, 1.165) is 10.2 Å². The van der Waals surface area contributed by atoms with Gasteiger partial charge in [0.1, 0.15) is 5.02 Å². The van der Waals surface area contributed by atoms with Crippen LogP contribution in [-0.4, -0.2) is 16.0 Å². The average molecular weight is 340 g/mol. The SMILES string of the molecule is Clc1cnc(Nc2ccc(Br)cc2)nc1NC1CC1. The maximum atomic E-state index is 6.07. The Balaban J connectivity index is 1.78. The molecule has 6 heteroatoms. The van der Waals surface area contributed by atoms with Gasteiger partial charge < -0.3 is 10.6 Å². The highest BCUT2D eigenvalue weighted by Gasteiger charge is 2.22. The van der Waals surface area contributed by atoms with E-state index in [1.807, 2.05) is 24.3 Å². The monoisotopic (exact) mass is 338 g/mol. The number of nitrogens with one attached hydrogen (secondary N) is 2. The molecule has 1 aromatic heterocycles. The smallest absolute Gasteiger partial charge is 0.229 e. The van der Waals surface area contributed by atoms with Crippen molar-refractivity contribution in [3.63, 3.8) is 0 Å².